The molecule has 0 aliphatic rings. The number of nitrogens with one attached hydrogen (secondary N) is 1. The van der Waals surface area contributed by atoms with Gasteiger partial charge in [-0.2, -0.15) is 5.26 Å². The van der Waals surface area contributed by atoms with E-state index in [0.29, 0.717) is 5.69 Å². The average Bonchev–Trinajstić information content (AvgIpc) is 2.39. The Hall–Kier alpha value is -2.41. The molecule has 0 bridgehead atoms. The molecule has 0 atom stereocenters. The summed E-state index contributed by atoms with van der Waals surface area (Å²) in [6.45, 7) is 3.18. The van der Waals surface area contributed by atoms with Crippen LogP contribution in [0.3, 0.4) is 0 Å². The van der Waals surface area contributed by atoms with Crippen molar-refractivity contribution in [2.24, 2.45) is 5.41 Å². The van der Waals surface area contributed by atoms with E-state index >= 15 is 0 Å². The Bertz CT molecular complexity index is 636. The van der Waals surface area contributed by atoms with E-state index in [1.165, 1.54) is 0 Å². The smallest absolute Gasteiger partial charge is 0.244 e. The van der Waals surface area contributed by atoms with E-state index in [2.05, 4.69) is 10.3 Å². The highest BCUT2D eigenvalue weighted by molar-refractivity contribution is 6.04. The molecule has 1 aromatic carbocycles. The number of carbonyl (C=O) groups is 1. The molecule has 4 heteroatoms. The topological polar surface area (TPSA) is 65.8 Å². The first kappa shape index (κ1) is 12.1. The summed E-state index contributed by atoms with van der Waals surface area (Å²) in [5.74, 6) is -0.311. The molecule has 1 amide bonds. The largest absolute Gasteiger partial charge is 0.324 e. The van der Waals surface area contributed by atoms with E-state index in [1.807, 2.05) is 30.3 Å². The lowest BCUT2D eigenvalue weighted by Gasteiger charge is -2.16. The van der Waals surface area contributed by atoms with Crippen molar-refractivity contribution in [3.63, 3.8) is 0 Å². The molecule has 90 valence electrons. The van der Waals surface area contributed by atoms with Crippen molar-refractivity contribution < 1.29 is 4.79 Å². The van der Waals surface area contributed by atoms with Crippen LogP contribution in [0.2, 0.25) is 0 Å². The maximum absolute atomic E-state index is 12.0. The minimum absolute atomic E-state index is 0.311. The number of benzene rings is 1. The van der Waals surface area contributed by atoms with Gasteiger partial charge in [0.05, 0.1) is 6.07 Å². The van der Waals surface area contributed by atoms with Crippen molar-refractivity contribution in [1.82, 2.24) is 4.98 Å². The summed E-state index contributed by atoms with van der Waals surface area (Å²) in [5, 5.41) is 13.6. The van der Waals surface area contributed by atoms with Crippen molar-refractivity contribution in [1.29, 1.82) is 5.26 Å². The molecule has 1 heterocycles. The van der Waals surface area contributed by atoms with Crippen molar-refractivity contribution in [3.05, 3.63) is 36.7 Å². The van der Waals surface area contributed by atoms with E-state index in [9.17, 15) is 4.79 Å². The highest BCUT2D eigenvalue weighted by Gasteiger charge is 2.27. The lowest BCUT2D eigenvalue weighted by Crippen LogP contribution is -2.29. The summed E-state index contributed by atoms with van der Waals surface area (Å²) >= 11 is 0. The molecule has 0 saturated carbocycles. The number of nitrogens with zero attached hydrogens (tertiary/aromatic N) is 2. The number of anilines is 1. The van der Waals surface area contributed by atoms with E-state index in [-0.39, 0.29) is 5.91 Å². The minimum Gasteiger partial charge on any atom is -0.324 e. The monoisotopic (exact) mass is 239 g/mol. The second-order valence-corrected chi connectivity index (χ2v) is 4.59. The number of carbonyl (C=O) groups excluding carboxylic acids is 1. The highest BCUT2D eigenvalue weighted by Crippen LogP contribution is 2.24. The van der Waals surface area contributed by atoms with Crippen LogP contribution in [0.15, 0.2) is 36.7 Å². The van der Waals surface area contributed by atoms with Crippen LogP contribution in [-0.2, 0) is 4.79 Å². The molecular formula is C14H13N3O. The molecule has 1 aromatic heterocycles. The maximum atomic E-state index is 12.0. The molecule has 0 aliphatic carbocycles. The Morgan fingerprint density at radius 3 is 2.89 bits per heavy atom. The number of nitriles is 1. The Morgan fingerprint density at radius 2 is 2.17 bits per heavy atom. The predicted molar refractivity (Wildman–Crippen MR) is 69.8 cm³/mol. The Labute approximate surface area is 105 Å². The zero-order valence-corrected chi connectivity index (χ0v) is 10.3. The van der Waals surface area contributed by atoms with Crippen LogP contribution in [-0.4, -0.2) is 10.9 Å². The molecule has 0 aliphatic heterocycles. The van der Waals surface area contributed by atoms with Gasteiger partial charge in [0.2, 0.25) is 5.91 Å². The first-order valence-electron chi connectivity index (χ1n) is 5.60. The number of amides is 1. The summed E-state index contributed by atoms with van der Waals surface area (Å²) < 4.78 is 0. The van der Waals surface area contributed by atoms with Crippen LogP contribution in [0.25, 0.3) is 10.8 Å². The van der Waals surface area contributed by atoms with Gasteiger partial charge in [0, 0.05) is 28.9 Å². The van der Waals surface area contributed by atoms with E-state index in [4.69, 9.17) is 5.26 Å². The van der Waals surface area contributed by atoms with E-state index < -0.39 is 5.41 Å². The summed E-state index contributed by atoms with van der Waals surface area (Å²) in [6, 6.07) is 9.41. The highest BCUT2D eigenvalue weighted by atomic mass is 16.2. The van der Waals surface area contributed by atoms with Gasteiger partial charge in [-0.25, -0.2) is 0 Å². The zero-order chi connectivity index (χ0) is 13.2. The number of hydrogen-bond acceptors (Lipinski definition) is 3. The van der Waals surface area contributed by atoms with Gasteiger partial charge in [0.15, 0.2) is 0 Å². The van der Waals surface area contributed by atoms with Crippen LogP contribution in [0, 0.1) is 16.7 Å². The number of hydrogen-bond donors (Lipinski definition) is 1. The molecule has 2 rings (SSSR count). The normalized spacial score (nSPS) is 10.9. The molecule has 18 heavy (non-hydrogen) atoms. The third-order valence-electron chi connectivity index (χ3n) is 2.78. The first-order chi connectivity index (χ1) is 8.54. The standard InChI is InChI=1S/C14H13N3O/c1-14(2,9-15)13(18)17-12-5-3-4-10-8-16-7-6-11(10)12/h3-8H,1-2H3,(H,17,18). The second-order valence-electron chi connectivity index (χ2n) is 4.59. The van der Waals surface area contributed by atoms with Crippen molar-refractivity contribution in [3.8, 4) is 6.07 Å². The van der Waals surface area contributed by atoms with Crippen molar-refractivity contribution in [2.75, 3.05) is 5.32 Å². The molecular weight excluding hydrogens is 226 g/mol. The van der Waals surface area contributed by atoms with E-state index in [0.717, 1.165) is 10.8 Å². The summed E-state index contributed by atoms with van der Waals surface area (Å²) in [5.41, 5.74) is -0.349. The quantitative estimate of drug-likeness (QED) is 0.876. The lowest BCUT2D eigenvalue weighted by atomic mass is 9.94. The molecule has 4 nitrogen and oxygen atoms in total. The molecule has 0 fully saturated rings. The molecule has 0 radical (unpaired) electrons. The molecule has 2 aromatic rings. The van der Waals surface area contributed by atoms with Gasteiger partial charge in [0.1, 0.15) is 5.41 Å². The van der Waals surface area contributed by atoms with Gasteiger partial charge in [-0.3, -0.25) is 9.78 Å². The fourth-order valence-electron chi connectivity index (χ4n) is 1.56. The predicted octanol–water partition coefficient (Wildman–Crippen LogP) is 2.72. The van der Waals surface area contributed by atoms with Gasteiger partial charge in [-0.05, 0) is 26.0 Å². The third kappa shape index (κ3) is 2.16. The van der Waals surface area contributed by atoms with Crippen LogP contribution < -0.4 is 5.32 Å². The SMILES string of the molecule is CC(C)(C#N)C(=O)Nc1cccc2cnccc12. The second kappa shape index (κ2) is 4.46. The third-order valence-corrected chi connectivity index (χ3v) is 2.78. The summed E-state index contributed by atoms with van der Waals surface area (Å²) in [4.78, 5) is 16.0. The Balaban J connectivity index is 2.39. The van der Waals surface area contributed by atoms with E-state index in [1.54, 1.807) is 26.2 Å². The van der Waals surface area contributed by atoms with Crippen LogP contribution in [0.4, 0.5) is 5.69 Å². The molecule has 0 spiro atoms. The van der Waals surface area contributed by atoms with Crippen molar-refractivity contribution in [2.45, 2.75) is 13.8 Å². The Morgan fingerprint density at radius 1 is 1.39 bits per heavy atom. The Kier molecular flexibility index (Phi) is 2.99. The fraction of sp³-hybridized carbons (Fsp3) is 0.214. The number of pyridine rings is 1. The van der Waals surface area contributed by atoms with Gasteiger partial charge in [-0.15, -0.1) is 0 Å². The number of aromatic nitrogens is 1. The average molecular weight is 239 g/mol. The number of fused-ring (bicyclic) bond motifs is 1. The number of rotatable bonds is 2. The van der Waals surface area contributed by atoms with Gasteiger partial charge < -0.3 is 5.32 Å². The summed E-state index contributed by atoms with van der Waals surface area (Å²) in [6.07, 6.45) is 3.41. The molecule has 0 saturated heterocycles. The van der Waals surface area contributed by atoms with Gasteiger partial charge in [-0.1, -0.05) is 12.1 Å². The van der Waals surface area contributed by atoms with Crippen LogP contribution in [0.5, 0.6) is 0 Å². The first-order valence-corrected chi connectivity index (χ1v) is 5.60. The molecule has 1 N–H and O–H groups in total. The lowest BCUT2D eigenvalue weighted by molar-refractivity contribution is -0.121. The van der Waals surface area contributed by atoms with Crippen LogP contribution in [0.1, 0.15) is 13.8 Å². The van der Waals surface area contributed by atoms with Gasteiger partial charge in [0.25, 0.3) is 0 Å². The van der Waals surface area contributed by atoms with Gasteiger partial charge >= 0.3 is 0 Å². The zero-order valence-electron chi connectivity index (χ0n) is 10.3. The summed E-state index contributed by atoms with van der Waals surface area (Å²) in [7, 11) is 0. The molecule has 0 unspecified atom stereocenters. The minimum atomic E-state index is -1.05. The fourth-order valence-corrected chi connectivity index (χ4v) is 1.56. The van der Waals surface area contributed by atoms with Crippen molar-refractivity contribution >= 4 is 22.4 Å². The maximum Gasteiger partial charge on any atom is 0.244 e. The van der Waals surface area contributed by atoms with Crippen LogP contribution >= 0.6 is 0 Å².